The Hall–Kier alpha value is -5.17. The molecular formula is C32H33ClN8O5. The highest BCUT2D eigenvalue weighted by atomic mass is 35.5. The Labute approximate surface area is 270 Å². The van der Waals surface area contributed by atoms with Gasteiger partial charge in [-0.2, -0.15) is 14.9 Å². The van der Waals surface area contributed by atoms with Gasteiger partial charge in [-0.3, -0.25) is 9.59 Å². The van der Waals surface area contributed by atoms with E-state index in [0.29, 0.717) is 53.3 Å². The summed E-state index contributed by atoms with van der Waals surface area (Å²) < 4.78 is 11.7. The van der Waals surface area contributed by atoms with Gasteiger partial charge in [0, 0.05) is 33.5 Å². The highest BCUT2D eigenvalue weighted by Gasteiger charge is 2.24. The fourth-order valence-corrected chi connectivity index (χ4v) is 5.39. The van der Waals surface area contributed by atoms with E-state index in [1.807, 2.05) is 24.3 Å². The van der Waals surface area contributed by atoms with Crippen LogP contribution in [-0.4, -0.2) is 68.0 Å². The van der Waals surface area contributed by atoms with Gasteiger partial charge in [-0.15, -0.1) is 5.10 Å². The maximum absolute atomic E-state index is 13.3. The van der Waals surface area contributed by atoms with E-state index in [1.54, 1.807) is 37.4 Å². The smallest absolute Gasteiger partial charge is 0.328 e. The van der Waals surface area contributed by atoms with Crippen molar-refractivity contribution >= 4 is 41.2 Å². The lowest BCUT2D eigenvalue weighted by atomic mass is 9.96. The summed E-state index contributed by atoms with van der Waals surface area (Å²) in [5.41, 5.74) is 4.72. The predicted molar refractivity (Wildman–Crippen MR) is 170 cm³/mol. The minimum Gasteiger partial charge on any atom is -0.469 e. The quantitative estimate of drug-likeness (QED) is 0.208. The number of methoxy groups -OCH3 is 1. The summed E-state index contributed by atoms with van der Waals surface area (Å²) in [6.45, 7) is 2.01. The minimum absolute atomic E-state index is 0.0728. The van der Waals surface area contributed by atoms with Crippen LogP contribution in [0.4, 0.5) is 5.69 Å². The number of anilines is 1. The fraction of sp³-hybridized carbons (Fsp3) is 0.312. The van der Waals surface area contributed by atoms with Crippen LogP contribution in [0.2, 0.25) is 5.02 Å². The zero-order valence-electron chi connectivity index (χ0n) is 25.4. The van der Waals surface area contributed by atoms with Crippen LogP contribution >= 0.6 is 11.6 Å². The third-order valence-corrected chi connectivity index (χ3v) is 7.69. The molecule has 2 atom stereocenters. The van der Waals surface area contributed by atoms with Crippen LogP contribution < -0.4 is 10.6 Å². The van der Waals surface area contributed by atoms with Crippen molar-refractivity contribution in [2.24, 2.45) is 0 Å². The van der Waals surface area contributed by atoms with Crippen LogP contribution in [0.25, 0.3) is 22.9 Å². The van der Waals surface area contributed by atoms with E-state index in [-0.39, 0.29) is 30.9 Å². The van der Waals surface area contributed by atoms with Crippen molar-refractivity contribution in [1.82, 2.24) is 35.7 Å². The summed E-state index contributed by atoms with van der Waals surface area (Å²) in [7, 11) is 1.34. The first-order valence-electron chi connectivity index (χ1n) is 14.8. The molecule has 14 heteroatoms. The fourth-order valence-electron chi connectivity index (χ4n) is 5.21. The number of carbonyl (C=O) groups is 3. The van der Waals surface area contributed by atoms with Crippen molar-refractivity contribution in [3.05, 3.63) is 82.9 Å². The van der Waals surface area contributed by atoms with Crippen LogP contribution in [-0.2, 0) is 30.3 Å². The average molecular weight is 645 g/mol. The number of rotatable bonds is 8. The number of hydrogen-bond acceptors (Lipinski definition) is 11. The predicted octanol–water partition coefficient (Wildman–Crippen LogP) is 4.28. The first-order chi connectivity index (χ1) is 22.3. The van der Waals surface area contributed by atoms with E-state index in [2.05, 4.69) is 36.4 Å². The van der Waals surface area contributed by atoms with Crippen LogP contribution in [0.15, 0.2) is 61.1 Å². The van der Waals surface area contributed by atoms with Gasteiger partial charge < -0.3 is 20.1 Å². The molecule has 2 N–H and O–H groups in total. The van der Waals surface area contributed by atoms with Crippen molar-refractivity contribution in [2.75, 3.05) is 19.0 Å². The van der Waals surface area contributed by atoms with Crippen LogP contribution in [0.3, 0.4) is 0 Å². The maximum Gasteiger partial charge on any atom is 0.328 e. The SMILES string of the molecule is CCOC(=O)[C@H]1CCCCC(NC(=O)/C=C/c2cc(Cl)ccc2-n2cnnn2)c2cc(cnn2)-c2ccc(CC(=O)OC)cc2N1. The molecule has 4 aromatic rings. The molecule has 238 valence electrons. The van der Waals surface area contributed by atoms with Gasteiger partial charge in [0.15, 0.2) is 0 Å². The van der Waals surface area contributed by atoms with Crippen molar-refractivity contribution in [1.29, 1.82) is 0 Å². The molecule has 0 fully saturated rings. The summed E-state index contributed by atoms with van der Waals surface area (Å²) in [5.74, 6) is -1.09. The second-order valence-corrected chi connectivity index (χ2v) is 11.0. The molecule has 0 spiro atoms. The lowest BCUT2D eigenvalue weighted by Crippen LogP contribution is -2.32. The summed E-state index contributed by atoms with van der Waals surface area (Å²) in [6, 6.07) is 11.5. The summed E-state index contributed by atoms with van der Waals surface area (Å²) in [5, 5.41) is 26.8. The van der Waals surface area contributed by atoms with Crippen LogP contribution in [0, 0.1) is 0 Å². The average Bonchev–Trinajstić information content (AvgIpc) is 3.59. The Morgan fingerprint density at radius 3 is 2.74 bits per heavy atom. The number of esters is 2. The van der Waals surface area contributed by atoms with E-state index >= 15 is 0 Å². The number of halogens is 1. The number of nitrogens with zero attached hydrogens (tertiary/aromatic N) is 6. The number of fused-ring (bicyclic) bond motifs is 4. The van der Waals surface area contributed by atoms with Crippen LogP contribution in [0.5, 0.6) is 0 Å². The Bertz CT molecular complexity index is 1730. The van der Waals surface area contributed by atoms with E-state index in [9.17, 15) is 14.4 Å². The first kappa shape index (κ1) is 32.2. The second kappa shape index (κ2) is 15.2. The highest BCUT2D eigenvalue weighted by Crippen LogP contribution is 2.33. The second-order valence-electron chi connectivity index (χ2n) is 10.6. The number of hydrogen-bond donors (Lipinski definition) is 2. The lowest BCUT2D eigenvalue weighted by Gasteiger charge is -2.23. The minimum atomic E-state index is -0.621. The van der Waals surface area contributed by atoms with E-state index in [1.165, 1.54) is 24.2 Å². The van der Waals surface area contributed by atoms with Gasteiger partial charge >= 0.3 is 11.9 Å². The number of aromatic nitrogens is 6. The van der Waals surface area contributed by atoms with Crippen molar-refractivity contribution in [2.45, 2.75) is 51.1 Å². The maximum atomic E-state index is 13.3. The Balaban J connectivity index is 1.45. The van der Waals surface area contributed by atoms with E-state index < -0.39 is 12.1 Å². The standard InChI is InChI=1S/C32H33ClN8O5/c1-3-46-32(44)26-7-5-4-6-25(37-30(42)13-9-21-16-23(33)10-12-29(21)41-19-35-39-40-41)28-17-22(18-34-38-28)24-11-8-20(14-27(24)36-26)15-31(43)45-2/h8-14,16-19,25-26,36H,3-7,15H2,1-2H3,(H,37,42)/b13-9+/t25?,26-/m1/s1. The molecule has 0 saturated heterocycles. The molecule has 0 aliphatic carbocycles. The molecule has 1 unspecified atom stereocenters. The number of carbonyl (C=O) groups excluding carboxylic acids is 3. The topological polar surface area (TPSA) is 163 Å². The van der Waals surface area contributed by atoms with Gasteiger partial charge in [0.05, 0.1) is 43.8 Å². The third-order valence-electron chi connectivity index (χ3n) is 7.45. The highest BCUT2D eigenvalue weighted by molar-refractivity contribution is 6.30. The van der Waals surface area contributed by atoms with Crippen molar-refractivity contribution in [3.63, 3.8) is 0 Å². The monoisotopic (exact) mass is 644 g/mol. The molecule has 2 aromatic carbocycles. The van der Waals surface area contributed by atoms with Gasteiger partial charge in [0.2, 0.25) is 5.91 Å². The molecule has 2 aromatic heterocycles. The van der Waals surface area contributed by atoms with Gasteiger partial charge in [-0.1, -0.05) is 36.6 Å². The number of ether oxygens (including phenoxy) is 2. The van der Waals surface area contributed by atoms with Gasteiger partial charge in [0.1, 0.15) is 12.4 Å². The molecule has 3 heterocycles. The number of tetrazole rings is 1. The van der Waals surface area contributed by atoms with Crippen molar-refractivity contribution in [3.8, 4) is 16.8 Å². The van der Waals surface area contributed by atoms with E-state index in [4.69, 9.17) is 21.1 Å². The van der Waals surface area contributed by atoms with Gasteiger partial charge in [-0.05, 0) is 72.2 Å². The van der Waals surface area contributed by atoms with Crippen molar-refractivity contribution < 1.29 is 23.9 Å². The molecule has 1 amide bonds. The largest absolute Gasteiger partial charge is 0.469 e. The van der Waals surface area contributed by atoms with Gasteiger partial charge in [0.25, 0.3) is 0 Å². The zero-order valence-corrected chi connectivity index (χ0v) is 26.1. The lowest BCUT2D eigenvalue weighted by molar-refractivity contribution is -0.144. The molecular weight excluding hydrogens is 612 g/mol. The molecule has 5 rings (SSSR count). The molecule has 0 radical (unpaired) electrons. The summed E-state index contributed by atoms with van der Waals surface area (Å²) in [6.07, 6.45) is 8.62. The zero-order chi connectivity index (χ0) is 32.5. The Morgan fingerprint density at radius 2 is 1.96 bits per heavy atom. The number of amides is 1. The molecule has 1 aliphatic rings. The first-order valence-corrected chi connectivity index (χ1v) is 15.2. The molecule has 0 saturated carbocycles. The number of nitrogens with one attached hydrogen (secondary N) is 2. The Kier molecular flexibility index (Phi) is 10.7. The summed E-state index contributed by atoms with van der Waals surface area (Å²) in [4.78, 5) is 38.2. The molecule has 13 nitrogen and oxygen atoms in total. The molecule has 2 bridgehead atoms. The Morgan fingerprint density at radius 1 is 1.11 bits per heavy atom. The third kappa shape index (κ3) is 8.10. The van der Waals surface area contributed by atoms with E-state index in [0.717, 1.165) is 16.7 Å². The molecule has 46 heavy (non-hydrogen) atoms. The number of benzene rings is 2. The summed E-state index contributed by atoms with van der Waals surface area (Å²) >= 11 is 6.23. The van der Waals surface area contributed by atoms with Crippen LogP contribution in [0.1, 0.15) is 55.5 Å². The normalized spacial score (nSPS) is 16.3. The van der Waals surface area contributed by atoms with Gasteiger partial charge in [-0.25, -0.2) is 4.79 Å². The molecule has 1 aliphatic heterocycles.